The quantitative estimate of drug-likeness (QED) is 0.889. The molecule has 0 aliphatic carbocycles. The van der Waals surface area contributed by atoms with Crippen LogP contribution in [0, 0.1) is 5.41 Å². The van der Waals surface area contributed by atoms with Crippen LogP contribution in [0.3, 0.4) is 0 Å². The summed E-state index contributed by atoms with van der Waals surface area (Å²) in [6.45, 7) is 6.62. The van der Waals surface area contributed by atoms with Gasteiger partial charge in [0.1, 0.15) is 12.1 Å². The van der Waals surface area contributed by atoms with Crippen molar-refractivity contribution in [2.75, 3.05) is 18.4 Å². The van der Waals surface area contributed by atoms with E-state index in [0.717, 1.165) is 29.9 Å². The molecule has 2 N–H and O–H groups in total. The molecule has 1 unspecified atom stereocenters. The lowest BCUT2D eigenvalue weighted by atomic mass is 9.77. The van der Waals surface area contributed by atoms with Crippen LogP contribution < -0.4 is 10.6 Å². The van der Waals surface area contributed by atoms with Crippen LogP contribution in [0.1, 0.15) is 26.7 Å². The first-order chi connectivity index (χ1) is 9.58. The molecule has 6 heteroatoms. The minimum atomic E-state index is 0.312. The van der Waals surface area contributed by atoms with Crippen LogP contribution in [0.5, 0.6) is 0 Å². The molecule has 1 saturated heterocycles. The van der Waals surface area contributed by atoms with Gasteiger partial charge in [-0.15, -0.1) is 0 Å². The van der Waals surface area contributed by atoms with E-state index < -0.39 is 0 Å². The highest BCUT2D eigenvalue weighted by Crippen LogP contribution is 2.30. The normalized spacial score (nSPS) is 22.1. The maximum absolute atomic E-state index is 4.35. The van der Waals surface area contributed by atoms with E-state index >= 15 is 0 Å². The van der Waals surface area contributed by atoms with Crippen LogP contribution in [0.15, 0.2) is 12.5 Å². The minimum Gasteiger partial charge on any atom is -0.368 e. The van der Waals surface area contributed by atoms with Crippen molar-refractivity contribution in [3.63, 3.8) is 0 Å². The Morgan fingerprint density at radius 3 is 3.10 bits per heavy atom. The lowest BCUT2D eigenvalue weighted by molar-refractivity contribution is 0.188. The largest absolute Gasteiger partial charge is 0.368 e. The summed E-state index contributed by atoms with van der Waals surface area (Å²) in [5.74, 6) is 0.867. The predicted molar refractivity (Wildman–Crippen MR) is 79.6 cm³/mol. The van der Waals surface area contributed by atoms with Crippen LogP contribution >= 0.6 is 0 Å². The Bertz CT molecular complexity index is 603. The summed E-state index contributed by atoms with van der Waals surface area (Å²) in [5.41, 5.74) is 1.17. The molecule has 0 saturated carbocycles. The number of aryl methyl sites for hydroxylation is 1. The standard InChI is InChI=1S/C14H22N6/c1-14(2)5-4-6-15-11(14)8-16-12-10-7-19-20(3)13(10)18-9-17-12/h7,9,11,15H,4-6,8H2,1-3H3,(H,16,17,18). The van der Waals surface area contributed by atoms with Gasteiger partial charge in [-0.05, 0) is 24.8 Å². The summed E-state index contributed by atoms with van der Waals surface area (Å²) >= 11 is 0. The Labute approximate surface area is 119 Å². The highest BCUT2D eigenvalue weighted by atomic mass is 15.3. The topological polar surface area (TPSA) is 67.7 Å². The third kappa shape index (κ3) is 2.35. The van der Waals surface area contributed by atoms with Crippen LogP contribution in [-0.2, 0) is 7.05 Å². The molecule has 0 aromatic carbocycles. The second kappa shape index (κ2) is 5.01. The van der Waals surface area contributed by atoms with Crippen molar-refractivity contribution in [1.29, 1.82) is 0 Å². The number of rotatable bonds is 3. The molecule has 0 radical (unpaired) electrons. The Hall–Kier alpha value is -1.69. The number of fused-ring (bicyclic) bond motifs is 1. The molecule has 0 spiro atoms. The molecule has 0 bridgehead atoms. The van der Waals surface area contributed by atoms with E-state index in [1.807, 2.05) is 13.2 Å². The van der Waals surface area contributed by atoms with Gasteiger partial charge in [0.05, 0.1) is 11.6 Å². The summed E-state index contributed by atoms with van der Waals surface area (Å²) in [6.07, 6.45) is 5.92. The highest BCUT2D eigenvalue weighted by molar-refractivity contribution is 5.85. The van der Waals surface area contributed by atoms with E-state index in [1.165, 1.54) is 12.8 Å². The number of nitrogens with zero attached hydrogens (tertiary/aromatic N) is 4. The number of nitrogens with one attached hydrogen (secondary N) is 2. The van der Waals surface area contributed by atoms with E-state index in [4.69, 9.17) is 0 Å². The first-order valence-corrected chi connectivity index (χ1v) is 7.18. The molecule has 1 fully saturated rings. The van der Waals surface area contributed by atoms with Crippen molar-refractivity contribution in [3.05, 3.63) is 12.5 Å². The summed E-state index contributed by atoms with van der Waals surface area (Å²) in [6, 6.07) is 0.456. The van der Waals surface area contributed by atoms with Crippen LogP contribution in [0.4, 0.5) is 5.82 Å². The Morgan fingerprint density at radius 2 is 2.30 bits per heavy atom. The van der Waals surface area contributed by atoms with Gasteiger partial charge in [0.15, 0.2) is 5.65 Å². The molecule has 1 aliphatic rings. The number of hydrogen-bond acceptors (Lipinski definition) is 5. The minimum absolute atomic E-state index is 0.312. The molecular formula is C14H22N6. The molecular weight excluding hydrogens is 252 g/mol. The van der Waals surface area contributed by atoms with E-state index in [9.17, 15) is 0 Å². The van der Waals surface area contributed by atoms with E-state index in [0.29, 0.717) is 11.5 Å². The summed E-state index contributed by atoms with van der Waals surface area (Å²) in [5, 5.41) is 12.3. The zero-order chi connectivity index (χ0) is 14.2. The highest BCUT2D eigenvalue weighted by Gasteiger charge is 2.31. The zero-order valence-corrected chi connectivity index (χ0v) is 12.3. The fourth-order valence-electron chi connectivity index (χ4n) is 2.92. The second-order valence-electron chi connectivity index (χ2n) is 6.21. The summed E-state index contributed by atoms with van der Waals surface area (Å²) in [4.78, 5) is 8.61. The smallest absolute Gasteiger partial charge is 0.163 e. The van der Waals surface area contributed by atoms with Crippen molar-refractivity contribution in [2.24, 2.45) is 12.5 Å². The molecule has 2 aromatic rings. The van der Waals surface area contributed by atoms with Crippen molar-refractivity contribution in [3.8, 4) is 0 Å². The third-order valence-electron chi connectivity index (χ3n) is 4.34. The fraction of sp³-hybridized carbons (Fsp3) is 0.643. The molecule has 3 rings (SSSR count). The van der Waals surface area contributed by atoms with E-state index in [2.05, 4.69) is 39.5 Å². The Morgan fingerprint density at radius 1 is 1.45 bits per heavy atom. The van der Waals surface area contributed by atoms with Gasteiger partial charge >= 0.3 is 0 Å². The average Bonchev–Trinajstić information content (AvgIpc) is 2.80. The molecule has 3 heterocycles. The van der Waals surface area contributed by atoms with Gasteiger partial charge in [-0.1, -0.05) is 13.8 Å². The average molecular weight is 274 g/mol. The second-order valence-corrected chi connectivity index (χ2v) is 6.21. The number of hydrogen-bond donors (Lipinski definition) is 2. The molecule has 2 aromatic heterocycles. The summed E-state index contributed by atoms with van der Waals surface area (Å²) in [7, 11) is 1.89. The monoisotopic (exact) mass is 274 g/mol. The lowest BCUT2D eigenvalue weighted by Crippen LogP contribution is -2.50. The molecule has 1 atom stereocenters. The van der Waals surface area contributed by atoms with Gasteiger partial charge in [-0.2, -0.15) is 5.10 Å². The maximum atomic E-state index is 4.35. The number of aromatic nitrogens is 4. The van der Waals surface area contributed by atoms with Gasteiger partial charge in [0.2, 0.25) is 0 Å². The number of anilines is 1. The molecule has 1 aliphatic heterocycles. The van der Waals surface area contributed by atoms with Crippen LogP contribution in [0.2, 0.25) is 0 Å². The lowest BCUT2D eigenvalue weighted by Gasteiger charge is -2.39. The van der Waals surface area contributed by atoms with Gasteiger partial charge in [0, 0.05) is 19.6 Å². The zero-order valence-electron chi connectivity index (χ0n) is 12.3. The van der Waals surface area contributed by atoms with Crippen molar-refractivity contribution < 1.29 is 0 Å². The third-order valence-corrected chi connectivity index (χ3v) is 4.34. The molecule has 6 nitrogen and oxygen atoms in total. The van der Waals surface area contributed by atoms with Gasteiger partial charge in [0.25, 0.3) is 0 Å². The Balaban J connectivity index is 1.77. The van der Waals surface area contributed by atoms with Crippen LogP contribution in [0.25, 0.3) is 11.0 Å². The van der Waals surface area contributed by atoms with E-state index in [-0.39, 0.29) is 0 Å². The first-order valence-electron chi connectivity index (χ1n) is 7.18. The van der Waals surface area contributed by atoms with Crippen LogP contribution in [-0.4, -0.2) is 38.9 Å². The van der Waals surface area contributed by atoms with Crippen molar-refractivity contribution in [2.45, 2.75) is 32.7 Å². The van der Waals surface area contributed by atoms with Crippen molar-refractivity contribution >= 4 is 16.9 Å². The van der Waals surface area contributed by atoms with E-state index in [1.54, 1.807) is 11.0 Å². The van der Waals surface area contributed by atoms with Gasteiger partial charge in [-0.3, -0.25) is 4.68 Å². The fourth-order valence-corrected chi connectivity index (χ4v) is 2.92. The molecule has 108 valence electrons. The summed E-state index contributed by atoms with van der Waals surface area (Å²) < 4.78 is 1.77. The van der Waals surface area contributed by atoms with Gasteiger partial charge in [-0.25, -0.2) is 9.97 Å². The molecule has 20 heavy (non-hydrogen) atoms. The number of piperidine rings is 1. The Kier molecular flexibility index (Phi) is 3.33. The predicted octanol–water partition coefficient (Wildman–Crippen LogP) is 1.55. The maximum Gasteiger partial charge on any atom is 0.163 e. The van der Waals surface area contributed by atoms with Crippen molar-refractivity contribution in [1.82, 2.24) is 25.1 Å². The first kappa shape index (κ1) is 13.3. The molecule has 0 amide bonds. The SMILES string of the molecule is Cn1ncc2c(NCC3NCCCC3(C)C)ncnc21. The van der Waals surface area contributed by atoms with Gasteiger partial charge < -0.3 is 10.6 Å².